The van der Waals surface area contributed by atoms with Crippen molar-refractivity contribution in [3.63, 3.8) is 0 Å². The van der Waals surface area contributed by atoms with Crippen molar-refractivity contribution in [2.45, 2.75) is 32.2 Å². The van der Waals surface area contributed by atoms with Gasteiger partial charge in [-0.2, -0.15) is 0 Å². The first-order valence-electron chi connectivity index (χ1n) is 6.88. The molecular formula is C13H24N4O. The Morgan fingerprint density at radius 1 is 1.33 bits per heavy atom. The molecule has 2 N–H and O–H groups in total. The molecule has 0 unspecified atom stereocenters. The highest BCUT2D eigenvalue weighted by atomic mass is 16.5. The van der Waals surface area contributed by atoms with E-state index >= 15 is 0 Å². The number of nitrogens with one attached hydrogen (secondary N) is 2. The predicted octanol–water partition coefficient (Wildman–Crippen LogP) is 1.53. The summed E-state index contributed by atoms with van der Waals surface area (Å²) in [6.07, 6.45) is 7.19. The van der Waals surface area contributed by atoms with E-state index in [4.69, 9.17) is 4.74 Å². The molecule has 102 valence electrons. The molecule has 0 aromatic carbocycles. The maximum absolute atomic E-state index is 5.00. The van der Waals surface area contributed by atoms with Gasteiger partial charge in [0, 0.05) is 33.3 Å². The van der Waals surface area contributed by atoms with E-state index in [2.05, 4.69) is 20.2 Å². The molecule has 1 aromatic heterocycles. The number of nitrogens with zero attached hydrogens (tertiary/aromatic N) is 2. The van der Waals surface area contributed by atoms with Gasteiger partial charge in [-0.05, 0) is 12.8 Å². The first kappa shape index (κ1) is 13.4. The van der Waals surface area contributed by atoms with E-state index in [1.54, 1.807) is 7.11 Å². The van der Waals surface area contributed by atoms with Crippen molar-refractivity contribution in [3.8, 4) is 0 Å². The van der Waals surface area contributed by atoms with Gasteiger partial charge in [0.15, 0.2) is 0 Å². The van der Waals surface area contributed by atoms with Gasteiger partial charge in [-0.3, -0.25) is 0 Å². The van der Waals surface area contributed by atoms with Crippen LogP contribution in [0.2, 0.25) is 0 Å². The highest BCUT2D eigenvalue weighted by molar-refractivity contribution is 5.31. The van der Waals surface area contributed by atoms with Crippen molar-refractivity contribution in [2.75, 3.05) is 38.3 Å². The molecule has 0 aliphatic carbocycles. The SMILES string of the molecule is COCCNCc1cnc(N2CCCCCC2)[nH]1. The molecule has 5 nitrogen and oxygen atoms in total. The van der Waals surface area contributed by atoms with Crippen molar-refractivity contribution in [3.05, 3.63) is 11.9 Å². The Kier molecular flexibility index (Phi) is 5.48. The number of aromatic nitrogens is 2. The molecule has 5 heteroatoms. The van der Waals surface area contributed by atoms with Crippen LogP contribution in [0.3, 0.4) is 0 Å². The Hall–Kier alpha value is -1.07. The predicted molar refractivity (Wildman–Crippen MR) is 72.9 cm³/mol. The molecule has 2 heterocycles. The lowest BCUT2D eigenvalue weighted by Crippen LogP contribution is -2.25. The quantitative estimate of drug-likeness (QED) is 0.754. The van der Waals surface area contributed by atoms with Gasteiger partial charge in [-0.15, -0.1) is 0 Å². The maximum atomic E-state index is 5.00. The smallest absolute Gasteiger partial charge is 0.202 e. The van der Waals surface area contributed by atoms with Gasteiger partial charge in [0.25, 0.3) is 0 Å². The molecule has 0 spiro atoms. The average molecular weight is 252 g/mol. The molecule has 0 saturated carbocycles. The standard InChI is InChI=1S/C13H24N4O/c1-18-9-6-14-10-12-11-15-13(16-12)17-7-4-2-3-5-8-17/h11,14H,2-10H2,1H3,(H,15,16). The molecule has 1 fully saturated rings. The Bertz CT molecular complexity index is 331. The summed E-state index contributed by atoms with van der Waals surface area (Å²) in [4.78, 5) is 10.2. The van der Waals surface area contributed by atoms with Gasteiger partial charge >= 0.3 is 0 Å². The first-order chi connectivity index (χ1) is 8.90. The first-order valence-corrected chi connectivity index (χ1v) is 6.88. The minimum absolute atomic E-state index is 0.743. The molecule has 0 bridgehead atoms. The number of hydrogen-bond donors (Lipinski definition) is 2. The second-order valence-electron chi connectivity index (χ2n) is 4.80. The highest BCUT2D eigenvalue weighted by Gasteiger charge is 2.12. The molecule has 0 amide bonds. The maximum Gasteiger partial charge on any atom is 0.202 e. The van der Waals surface area contributed by atoms with E-state index in [0.717, 1.165) is 44.4 Å². The topological polar surface area (TPSA) is 53.2 Å². The molecule has 1 aliphatic rings. The summed E-state index contributed by atoms with van der Waals surface area (Å²) in [6, 6.07) is 0. The van der Waals surface area contributed by atoms with Crippen LogP contribution in [0.15, 0.2) is 6.20 Å². The van der Waals surface area contributed by atoms with Crippen LogP contribution in [-0.4, -0.2) is 43.3 Å². The summed E-state index contributed by atoms with van der Waals surface area (Å²) < 4.78 is 5.00. The van der Waals surface area contributed by atoms with Crippen LogP contribution in [0.5, 0.6) is 0 Å². The lowest BCUT2D eigenvalue weighted by molar-refractivity contribution is 0.199. The van der Waals surface area contributed by atoms with Crippen LogP contribution < -0.4 is 10.2 Å². The Morgan fingerprint density at radius 3 is 2.83 bits per heavy atom. The van der Waals surface area contributed by atoms with Crippen LogP contribution in [0.4, 0.5) is 5.95 Å². The lowest BCUT2D eigenvalue weighted by Gasteiger charge is -2.18. The normalized spacial score (nSPS) is 16.8. The minimum Gasteiger partial charge on any atom is -0.383 e. The van der Waals surface area contributed by atoms with E-state index in [9.17, 15) is 0 Å². The zero-order valence-corrected chi connectivity index (χ0v) is 11.2. The van der Waals surface area contributed by atoms with E-state index in [1.807, 2.05) is 6.20 Å². The number of anilines is 1. The fraction of sp³-hybridized carbons (Fsp3) is 0.769. The molecule has 2 rings (SSSR count). The fourth-order valence-corrected chi connectivity index (χ4v) is 2.28. The second kappa shape index (κ2) is 7.38. The molecule has 1 aliphatic heterocycles. The molecular weight excluding hydrogens is 228 g/mol. The van der Waals surface area contributed by atoms with Crippen LogP contribution in [0.25, 0.3) is 0 Å². The largest absolute Gasteiger partial charge is 0.383 e. The zero-order chi connectivity index (χ0) is 12.6. The van der Waals surface area contributed by atoms with E-state index in [-0.39, 0.29) is 0 Å². The number of methoxy groups -OCH3 is 1. The summed E-state index contributed by atoms with van der Waals surface area (Å²) in [5, 5.41) is 3.32. The number of H-pyrrole nitrogens is 1. The van der Waals surface area contributed by atoms with E-state index in [1.165, 1.54) is 25.7 Å². The van der Waals surface area contributed by atoms with Crippen LogP contribution in [0.1, 0.15) is 31.4 Å². The number of rotatable bonds is 6. The minimum atomic E-state index is 0.743. The van der Waals surface area contributed by atoms with Crippen LogP contribution in [-0.2, 0) is 11.3 Å². The van der Waals surface area contributed by atoms with Gasteiger partial charge in [-0.25, -0.2) is 4.98 Å². The Labute approximate surface area is 109 Å². The Balaban J connectivity index is 1.81. The van der Waals surface area contributed by atoms with Crippen molar-refractivity contribution in [1.82, 2.24) is 15.3 Å². The van der Waals surface area contributed by atoms with Crippen molar-refractivity contribution < 1.29 is 4.74 Å². The van der Waals surface area contributed by atoms with E-state index in [0.29, 0.717) is 0 Å². The zero-order valence-electron chi connectivity index (χ0n) is 11.2. The fourth-order valence-electron chi connectivity index (χ4n) is 2.28. The summed E-state index contributed by atoms with van der Waals surface area (Å²) in [5.41, 5.74) is 1.14. The third kappa shape index (κ3) is 3.99. The molecule has 1 aromatic rings. The molecule has 1 saturated heterocycles. The highest BCUT2D eigenvalue weighted by Crippen LogP contribution is 2.16. The molecule has 0 atom stereocenters. The monoisotopic (exact) mass is 252 g/mol. The van der Waals surface area contributed by atoms with Crippen LogP contribution in [0, 0.1) is 0 Å². The number of ether oxygens (including phenoxy) is 1. The van der Waals surface area contributed by atoms with Crippen molar-refractivity contribution in [1.29, 1.82) is 0 Å². The lowest BCUT2D eigenvalue weighted by atomic mass is 10.2. The summed E-state index contributed by atoms with van der Waals surface area (Å²) >= 11 is 0. The summed E-state index contributed by atoms with van der Waals surface area (Å²) in [7, 11) is 1.72. The molecule has 18 heavy (non-hydrogen) atoms. The van der Waals surface area contributed by atoms with E-state index < -0.39 is 0 Å². The van der Waals surface area contributed by atoms with Gasteiger partial charge in [0.2, 0.25) is 5.95 Å². The second-order valence-corrected chi connectivity index (χ2v) is 4.80. The number of hydrogen-bond acceptors (Lipinski definition) is 4. The van der Waals surface area contributed by atoms with Gasteiger partial charge in [0.05, 0.1) is 18.5 Å². The summed E-state index contributed by atoms with van der Waals surface area (Å²) in [6.45, 7) is 4.69. The van der Waals surface area contributed by atoms with Gasteiger partial charge in [0.1, 0.15) is 0 Å². The van der Waals surface area contributed by atoms with Gasteiger partial charge < -0.3 is 19.9 Å². The molecule has 0 radical (unpaired) electrons. The Morgan fingerprint density at radius 2 is 2.11 bits per heavy atom. The number of imidazole rings is 1. The van der Waals surface area contributed by atoms with Crippen molar-refractivity contribution in [2.24, 2.45) is 0 Å². The average Bonchev–Trinajstić information content (AvgIpc) is 2.69. The van der Waals surface area contributed by atoms with Crippen LogP contribution >= 0.6 is 0 Å². The van der Waals surface area contributed by atoms with Crippen molar-refractivity contribution >= 4 is 5.95 Å². The number of aromatic amines is 1. The third-order valence-electron chi connectivity index (χ3n) is 3.32. The summed E-state index contributed by atoms with van der Waals surface area (Å²) in [5.74, 6) is 1.03. The van der Waals surface area contributed by atoms with Gasteiger partial charge in [-0.1, -0.05) is 12.8 Å². The third-order valence-corrected chi connectivity index (χ3v) is 3.32.